The first kappa shape index (κ1) is 12.6. The van der Waals surface area contributed by atoms with Crippen LogP contribution >= 0.6 is 12.4 Å². The summed E-state index contributed by atoms with van der Waals surface area (Å²) in [4.78, 5) is 20.6. The topological polar surface area (TPSA) is 52.6 Å². The summed E-state index contributed by atoms with van der Waals surface area (Å²) >= 11 is 0. The first-order chi connectivity index (χ1) is 4.70. The van der Waals surface area contributed by atoms with E-state index >= 15 is 0 Å². The molecule has 0 N–H and O–H groups in total. The van der Waals surface area contributed by atoms with E-state index in [0.29, 0.717) is 0 Å². The van der Waals surface area contributed by atoms with Gasteiger partial charge in [0.25, 0.3) is 0 Å². The van der Waals surface area contributed by atoms with Gasteiger partial charge in [-0.2, -0.15) is 0 Å². The summed E-state index contributed by atoms with van der Waals surface area (Å²) in [5.74, 6) is -1.16. The van der Waals surface area contributed by atoms with Crippen molar-refractivity contribution >= 4 is 24.3 Å². The largest absolute Gasteiger partial charge is 0.466 e. The third-order valence-corrected chi connectivity index (χ3v) is 0.758. The second-order valence-electron chi connectivity index (χ2n) is 1.38. The van der Waals surface area contributed by atoms with Crippen LogP contribution in [0.3, 0.4) is 0 Å². The van der Waals surface area contributed by atoms with Gasteiger partial charge in [0.15, 0.2) is 0 Å². The molecule has 0 heterocycles. The Morgan fingerprint density at radius 3 is 1.45 bits per heavy atom. The molecular formula is C6H9ClO4. The minimum absolute atomic E-state index is 0. The summed E-state index contributed by atoms with van der Waals surface area (Å²) in [7, 11) is 2.45. The van der Waals surface area contributed by atoms with Gasteiger partial charge in [0.2, 0.25) is 0 Å². The number of ether oxygens (including phenoxy) is 2. The van der Waals surface area contributed by atoms with Crippen molar-refractivity contribution in [3.8, 4) is 0 Å². The number of halogens is 1. The van der Waals surface area contributed by atoms with E-state index in [1.54, 1.807) is 0 Å². The van der Waals surface area contributed by atoms with Gasteiger partial charge in [0.1, 0.15) is 0 Å². The van der Waals surface area contributed by atoms with Crippen LogP contribution in [0.4, 0.5) is 0 Å². The van der Waals surface area contributed by atoms with Crippen molar-refractivity contribution in [2.24, 2.45) is 0 Å². The average molecular weight is 181 g/mol. The highest BCUT2D eigenvalue weighted by Crippen LogP contribution is 1.80. The Morgan fingerprint density at radius 2 is 1.27 bits per heavy atom. The molecule has 0 bridgehead atoms. The van der Waals surface area contributed by atoms with E-state index in [2.05, 4.69) is 9.47 Å². The molecule has 0 amide bonds. The van der Waals surface area contributed by atoms with Crippen LogP contribution in [-0.4, -0.2) is 26.2 Å². The Hall–Kier alpha value is -1.03. The molecule has 0 aliphatic carbocycles. The zero-order valence-corrected chi connectivity index (χ0v) is 7.01. The van der Waals surface area contributed by atoms with Crippen LogP contribution in [0.15, 0.2) is 12.2 Å². The van der Waals surface area contributed by atoms with Gasteiger partial charge in [0, 0.05) is 12.2 Å². The fourth-order valence-electron chi connectivity index (χ4n) is 0.272. The van der Waals surface area contributed by atoms with Gasteiger partial charge in [-0.3, -0.25) is 0 Å². The molecule has 0 radical (unpaired) electrons. The summed E-state index contributed by atoms with van der Waals surface area (Å²) in [6, 6.07) is 0. The molecule has 0 aromatic carbocycles. The number of carbonyl (C=O) groups is 2. The van der Waals surface area contributed by atoms with E-state index in [9.17, 15) is 9.59 Å². The Bertz CT molecular complexity index is 146. The Labute approximate surface area is 70.6 Å². The van der Waals surface area contributed by atoms with Crippen LogP contribution in [0.25, 0.3) is 0 Å². The van der Waals surface area contributed by atoms with Crippen molar-refractivity contribution in [2.75, 3.05) is 14.2 Å². The molecule has 4 nitrogen and oxygen atoms in total. The van der Waals surface area contributed by atoms with Crippen molar-refractivity contribution in [3.05, 3.63) is 12.2 Å². The van der Waals surface area contributed by atoms with E-state index in [0.717, 1.165) is 12.2 Å². The molecule has 0 unspecified atom stereocenters. The molecule has 0 aromatic heterocycles. The lowest BCUT2D eigenvalue weighted by molar-refractivity contribution is -0.137. The van der Waals surface area contributed by atoms with Gasteiger partial charge in [-0.05, 0) is 0 Å². The van der Waals surface area contributed by atoms with E-state index in [1.807, 2.05) is 0 Å². The first-order valence-corrected chi connectivity index (χ1v) is 2.54. The van der Waals surface area contributed by atoms with Gasteiger partial charge < -0.3 is 9.47 Å². The molecule has 0 aliphatic heterocycles. The fraction of sp³-hybridized carbons (Fsp3) is 0.333. The van der Waals surface area contributed by atoms with E-state index in [4.69, 9.17) is 0 Å². The van der Waals surface area contributed by atoms with Crippen LogP contribution in [0.5, 0.6) is 0 Å². The molecule has 11 heavy (non-hydrogen) atoms. The standard InChI is InChI=1S/C6H8O4.ClH/c1-9-5(7)3-4-6(8)10-2;/h3-4H,1-2H3;1H. The number of rotatable bonds is 2. The lowest BCUT2D eigenvalue weighted by atomic mass is 10.5. The fourth-order valence-corrected chi connectivity index (χ4v) is 0.272. The zero-order chi connectivity index (χ0) is 7.98. The Morgan fingerprint density at radius 1 is 1.00 bits per heavy atom. The summed E-state index contributed by atoms with van der Waals surface area (Å²) < 4.78 is 8.42. The maximum absolute atomic E-state index is 10.3. The molecule has 0 saturated carbocycles. The number of esters is 2. The quantitative estimate of drug-likeness (QED) is 0.454. The number of methoxy groups -OCH3 is 2. The van der Waals surface area contributed by atoms with Crippen LogP contribution in [0, 0.1) is 0 Å². The van der Waals surface area contributed by atoms with Crippen molar-refractivity contribution in [1.82, 2.24) is 0 Å². The van der Waals surface area contributed by atoms with Crippen molar-refractivity contribution in [1.29, 1.82) is 0 Å². The first-order valence-electron chi connectivity index (χ1n) is 2.54. The highest BCUT2D eigenvalue weighted by atomic mass is 35.5. The molecule has 0 spiro atoms. The number of hydrogen-bond acceptors (Lipinski definition) is 4. The summed E-state index contributed by atoms with van der Waals surface area (Å²) in [5.41, 5.74) is 0. The van der Waals surface area contributed by atoms with Crippen LogP contribution in [-0.2, 0) is 19.1 Å². The van der Waals surface area contributed by atoms with Gasteiger partial charge in [0.05, 0.1) is 14.2 Å². The van der Waals surface area contributed by atoms with Gasteiger partial charge in [-0.15, -0.1) is 12.4 Å². The molecule has 5 heteroatoms. The molecule has 0 fully saturated rings. The summed E-state index contributed by atoms with van der Waals surface area (Å²) in [5, 5.41) is 0. The monoisotopic (exact) mass is 180 g/mol. The lowest BCUT2D eigenvalue weighted by Gasteiger charge is -1.89. The maximum Gasteiger partial charge on any atom is 0.330 e. The number of hydrogen-bond donors (Lipinski definition) is 0. The van der Waals surface area contributed by atoms with Gasteiger partial charge in [-0.1, -0.05) is 0 Å². The molecule has 0 aromatic rings. The van der Waals surface area contributed by atoms with Crippen LogP contribution in [0.1, 0.15) is 0 Å². The van der Waals surface area contributed by atoms with E-state index < -0.39 is 11.9 Å². The summed E-state index contributed by atoms with van der Waals surface area (Å²) in [6.07, 6.45) is 1.98. The highest BCUT2D eigenvalue weighted by Gasteiger charge is 1.94. The van der Waals surface area contributed by atoms with Crippen molar-refractivity contribution in [2.45, 2.75) is 0 Å². The molecule has 0 saturated heterocycles. The second-order valence-corrected chi connectivity index (χ2v) is 1.38. The molecule has 64 valence electrons. The predicted octanol–water partition coefficient (Wildman–Crippen LogP) is 0.310. The minimum atomic E-state index is -0.578. The number of carbonyl (C=O) groups excluding carboxylic acids is 2. The Balaban J connectivity index is 0. The van der Waals surface area contributed by atoms with E-state index in [-0.39, 0.29) is 12.4 Å². The third-order valence-electron chi connectivity index (χ3n) is 0.758. The van der Waals surface area contributed by atoms with Crippen molar-refractivity contribution < 1.29 is 19.1 Å². The zero-order valence-electron chi connectivity index (χ0n) is 6.20. The van der Waals surface area contributed by atoms with Crippen LogP contribution < -0.4 is 0 Å². The highest BCUT2D eigenvalue weighted by molar-refractivity contribution is 5.91. The van der Waals surface area contributed by atoms with E-state index in [1.165, 1.54) is 14.2 Å². The molecule has 0 rings (SSSR count). The van der Waals surface area contributed by atoms with Gasteiger partial charge >= 0.3 is 11.9 Å². The SMILES string of the molecule is COC(=O)C=CC(=O)OC.Cl. The minimum Gasteiger partial charge on any atom is -0.466 e. The predicted molar refractivity (Wildman–Crippen MR) is 40.4 cm³/mol. The third kappa shape index (κ3) is 6.86. The smallest absolute Gasteiger partial charge is 0.330 e. The maximum atomic E-state index is 10.3. The second kappa shape index (κ2) is 7.08. The van der Waals surface area contributed by atoms with Gasteiger partial charge in [-0.25, -0.2) is 9.59 Å². The Kier molecular flexibility index (Phi) is 8.13. The normalized spacial score (nSPS) is 8.55. The molecule has 0 atom stereocenters. The summed E-state index contributed by atoms with van der Waals surface area (Å²) in [6.45, 7) is 0. The van der Waals surface area contributed by atoms with Crippen LogP contribution in [0.2, 0.25) is 0 Å². The average Bonchev–Trinajstić information content (AvgIpc) is 1.99. The molecule has 0 aliphatic rings. The van der Waals surface area contributed by atoms with Crippen molar-refractivity contribution in [3.63, 3.8) is 0 Å². The molecular weight excluding hydrogens is 172 g/mol. The lowest BCUT2D eigenvalue weighted by Crippen LogP contribution is -1.98.